The van der Waals surface area contributed by atoms with Gasteiger partial charge in [-0.3, -0.25) is 9.59 Å². The van der Waals surface area contributed by atoms with E-state index in [-0.39, 0.29) is 12.3 Å². The Morgan fingerprint density at radius 3 is 2.05 bits per heavy atom. The van der Waals surface area contributed by atoms with Crippen LogP contribution >= 0.6 is 0 Å². The lowest BCUT2D eigenvalue weighted by molar-refractivity contribution is -0.138. The van der Waals surface area contributed by atoms with Gasteiger partial charge < -0.3 is 21.1 Å². The van der Waals surface area contributed by atoms with Crippen molar-refractivity contribution in [3.05, 3.63) is 0 Å². The maximum absolute atomic E-state index is 11.7. The Morgan fingerprint density at radius 2 is 1.68 bits per heavy atom. The Balaban J connectivity index is 4.56. The largest absolute Gasteiger partial charge is 0.481 e. The number of carboxylic acids is 1. The first-order valence-electron chi connectivity index (χ1n) is 6.08. The molecule has 0 radical (unpaired) electrons. The maximum atomic E-state index is 11.7. The number of urea groups is 1. The summed E-state index contributed by atoms with van der Waals surface area (Å²) >= 11 is 0. The topological polar surface area (TPSA) is 108 Å². The summed E-state index contributed by atoms with van der Waals surface area (Å²) < 4.78 is 0. The molecule has 7 heteroatoms. The molecule has 0 bridgehead atoms. The molecule has 3 amide bonds. The number of carboxylic acid groups (broad SMARTS) is 1. The molecule has 0 aromatic heterocycles. The average molecular weight is 273 g/mol. The van der Waals surface area contributed by atoms with Crippen LogP contribution in [-0.2, 0) is 9.59 Å². The smallest absolute Gasteiger partial charge is 0.315 e. The van der Waals surface area contributed by atoms with Gasteiger partial charge in [0.25, 0.3) is 0 Å². The number of rotatable bonds is 5. The molecule has 0 fully saturated rings. The molecule has 2 atom stereocenters. The number of nitrogens with one attached hydrogen (secondary N) is 3. The van der Waals surface area contributed by atoms with Gasteiger partial charge in [0.1, 0.15) is 6.04 Å². The number of hydrogen-bond acceptors (Lipinski definition) is 3. The highest BCUT2D eigenvalue weighted by Crippen LogP contribution is 2.21. The van der Waals surface area contributed by atoms with Gasteiger partial charge in [0.2, 0.25) is 5.91 Å². The van der Waals surface area contributed by atoms with Crippen LogP contribution in [0, 0.1) is 5.41 Å². The third kappa shape index (κ3) is 6.64. The van der Waals surface area contributed by atoms with Gasteiger partial charge in [0, 0.05) is 13.1 Å². The van der Waals surface area contributed by atoms with E-state index in [0.29, 0.717) is 0 Å². The fraction of sp³-hybridized carbons (Fsp3) is 0.750. The minimum Gasteiger partial charge on any atom is -0.481 e. The highest BCUT2D eigenvalue weighted by Gasteiger charge is 2.29. The molecule has 0 aromatic carbocycles. The normalized spacial score (nSPS) is 14.2. The molecule has 0 aliphatic carbocycles. The molecular formula is C12H23N3O4. The molecule has 4 N–H and O–H groups in total. The van der Waals surface area contributed by atoms with Crippen LogP contribution in [0.15, 0.2) is 0 Å². The maximum Gasteiger partial charge on any atom is 0.315 e. The lowest BCUT2D eigenvalue weighted by Crippen LogP contribution is -2.53. The Morgan fingerprint density at radius 1 is 1.16 bits per heavy atom. The van der Waals surface area contributed by atoms with Gasteiger partial charge in [-0.1, -0.05) is 20.8 Å². The van der Waals surface area contributed by atoms with Crippen molar-refractivity contribution in [2.24, 2.45) is 5.41 Å². The molecule has 110 valence electrons. The monoisotopic (exact) mass is 273 g/mol. The van der Waals surface area contributed by atoms with E-state index in [1.54, 1.807) is 6.92 Å². The van der Waals surface area contributed by atoms with E-state index in [4.69, 9.17) is 5.11 Å². The molecule has 19 heavy (non-hydrogen) atoms. The van der Waals surface area contributed by atoms with Gasteiger partial charge in [-0.05, 0) is 12.3 Å². The van der Waals surface area contributed by atoms with E-state index in [0.717, 1.165) is 0 Å². The van der Waals surface area contributed by atoms with Crippen LogP contribution in [0.25, 0.3) is 0 Å². The van der Waals surface area contributed by atoms with Crippen molar-refractivity contribution in [1.82, 2.24) is 16.0 Å². The summed E-state index contributed by atoms with van der Waals surface area (Å²) in [5.74, 6) is -1.31. The summed E-state index contributed by atoms with van der Waals surface area (Å²) in [4.78, 5) is 33.8. The van der Waals surface area contributed by atoms with Gasteiger partial charge in [-0.25, -0.2) is 4.79 Å². The second kappa shape index (κ2) is 6.96. The van der Waals surface area contributed by atoms with Crippen molar-refractivity contribution in [3.63, 3.8) is 0 Å². The van der Waals surface area contributed by atoms with Crippen molar-refractivity contribution in [2.45, 2.75) is 46.2 Å². The fourth-order valence-electron chi connectivity index (χ4n) is 1.43. The number of carbonyl (C=O) groups excluding carboxylic acids is 2. The van der Waals surface area contributed by atoms with Gasteiger partial charge in [-0.15, -0.1) is 0 Å². The fourth-order valence-corrected chi connectivity index (χ4v) is 1.43. The molecule has 0 aliphatic heterocycles. The molecule has 2 unspecified atom stereocenters. The highest BCUT2D eigenvalue weighted by atomic mass is 16.4. The van der Waals surface area contributed by atoms with Crippen LogP contribution in [0.1, 0.15) is 34.1 Å². The van der Waals surface area contributed by atoms with Crippen molar-refractivity contribution < 1.29 is 19.5 Å². The SMILES string of the molecule is CNC(=O)C(C)NC(=O)NC(CC(=O)O)C(C)(C)C. The predicted octanol–water partition coefficient (Wildman–Crippen LogP) is 0.310. The first-order chi connectivity index (χ1) is 8.57. The Labute approximate surface area is 113 Å². The number of amides is 3. The Kier molecular flexibility index (Phi) is 6.31. The summed E-state index contributed by atoms with van der Waals surface area (Å²) in [5, 5.41) is 16.3. The molecule has 0 saturated carbocycles. The van der Waals surface area contributed by atoms with Crippen LogP contribution in [0.3, 0.4) is 0 Å². The summed E-state index contributed by atoms with van der Waals surface area (Å²) in [6.45, 7) is 7.05. The second-order valence-corrected chi connectivity index (χ2v) is 5.47. The summed E-state index contributed by atoms with van der Waals surface area (Å²) in [7, 11) is 1.47. The zero-order valence-corrected chi connectivity index (χ0v) is 12.0. The molecule has 0 aromatic rings. The van der Waals surface area contributed by atoms with E-state index in [1.807, 2.05) is 20.8 Å². The molecule has 0 heterocycles. The predicted molar refractivity (Wildman–Crippen MR) is 70.7 cm³/mol. The molecule has 7 nitrogen and oxygen atoms in total. The lowest BCUT2D eigenvalue weighted by atomic mass is 9.85. The Hall–Kier alpha value is -1.79. The number of hydrogen-bond donors (Lipinski definition) is 4. The van der Waals surface area contributed by atoms with Gasteiger partial charge in [-0.2, -0.15) is 0 Å². The second-order valence-electron chi connectivity index (χ2n) is 5.47. The lowest BCUT2D eigenvalue weighted by Gasteiger charge is -2.30. The van der Waals surface area contributed by atoms with Crippen LogP contribution in [0.4, 0.5) is 4.79 Å². The number of likely N-dealkylation sites (N-methyl/N-ethyl adjacent to an activating group) is 1. The Bertz CT molecular complexity index is 349. The third-order valence-electron chi connectivity index (χ3n) is 2.72. The molecule has 0 saturated heterocycles. The number of aliphatic carboxylic acids is 1. The van der Waals surface area contributed by atoms with Crippen molar-refractivity contribution >= 4 is 17.9 Å². The minimum absolute atomic E-state index is 0.175. The molecule has 0 spiro atoms. The molecular weight excluding hydrogens is 250 g/mol. The van der Waals surface area contributed by atoms with E-state index in [9.17, 15) is 14.4 Å². The van der Waals surface area contributed by atoms with Gasteiger partial charge in [0.15, 0.2) is 0 Å². The zero-order valence-electron chi connectivity index (χ0n) is 12.0. The number of carbonyl (C=O) groups is 3. The van der Waals surface area contributed by atoms with E-state index < -0.39 is 29.5 Å². The average Bonchev–Trinajstić information content (AvgIpc) is 2.24. The summed E-state index contributed by atoms with van der Waals surface area (Å²) in [6, 6.07) is -1.77. The van der Waals surface area contributed by atoms with Gasteiger partial charge >= 0.3 is 12.0 Å². The van der Waals surface area contributed by atoms with Crippen molar-refractivity contribution in [1.29, 1.82) is 0 Å². The standard InChI is InChI=1S/C12H23N3O4/c1-7(10(18)13-5)14-11(19)15-8(6-9(16)17)12(2,3)4/h7-8H,6H2,1-5H3,(H,13,18)(H,16,17)(H2,14,15,19). The zero-order chi connectivity index (χ0) is 15.2. The van der Waals surface area contributed by atoms with Crippen LogP contribution in [0.2, 0.25) is 0 Å². The molecule has 0 rings (SSSR count). The van der Waals surface area contributed by atoms with Crippen LogP contribution in [-0.4, -0.2) is 42.1 Å². The van der Waals surface area contributed by atoms with Gasteiger partial charge in [0.05, 0.1) is 6.42 Å². The summed E-state index contributed by atoms with van der Waals surface area (Å²) in [5.41, 5.74) is -0.397. The molecule has 0 aliphatic rings. The highest BCUT2D eigenvalue weighted by molar-refractivity contribution is 5.86. The van der Waals surface area contributed by atoms with Crippen molar-refractivity contribution in [3.8, 4) is 0 Å². The van der Waals surface area contributed by atoms with E-state index >= 15 is 0 Å². The van der Waals surface area contributed by atoms with E-state index in [2.05, 4.69) is 16.0 Å². The minimum atomic E-state index is -0.987. The third-order valence-corrected chi connectivity index (χ3v) is 2.72. The van der Waals surface area contributed by atoms with Crippen molar-refractivity contribution in [2.75, 3.05) is 7.05 Å². The van der Waals surface area contributed by atoms with E-state index in [1.165, 1.54) is 7.05 Å². The van der Waals surface area contributed by atoms with Crippen LogP contribution < -0.4 is 16.0 Å². The first kappa shape index (κ1) is 17.2. The first-order valence-corrected chi connectivity index (χ1v) is 6.08. The quantitative estimate of drug-likeness (QED) is 0.578. The van der Waals surface area contributed by atoms with Crippen LogP contribution in [0.5, 0.6) is 0 Å². The summed E-state index contributed by atoms with van der Waals surface area (Å²) in [6.07, 6.45) is -0.175.